The summed E-state index contributed by atoms with van der Waals surface area (Å²) in [6, 6.07) is 0.210. The lowest BCUT2D eigenvalue weighted by molar-refractivity contribution is 0.0631. The Bertz CT molecular complexity index is 404. The molecule has 0 bridgehead atoms. The number of carbonyl (C=O) groups excluding carboxylic acids is 1. The van der Waals surface area contributed by atoms with Crippen molar-refractivity contribution in [1.29, 1.82) is 0 Å². The molecule has 1 amide bonds. The van der Waals surface area contributed by atoms with Gasteiger partial charge < -0.3 is 10.0 Å². The molecule has 1 aromatic rings. The van der Waals surface area contributed by atoms with Gasteiger partial charge in [-0.3, -0.25) is 4.79 Å². The van der Waals surface area contributed by atoms with E-state index in [0.29, 0.717) is 6.54 Å². The highest BCUT2D eigenvalue weighted by Gasteiger charge is 2.27. The van der Waals surface area contributed by atoms with Crippen LogP contribution >= 0.6 is 11.6 Å². The molecule has 1 heterocycles. The molecule has 0 saturated heterocycles. The second kappa shape index (κ2) is 6.11. The van der Waals surface area contributed by atoms with Gasteiger partial charge >= 0.3 is 0 Å². The maximum absolute atomic E-state index is 12.3. The van der Waals surface area contributed by atoms with Crippen LogP contribution in [0.15, 0.2) is 12.4 Å². The van der Waals surface area contributed by atoms with Crippen molar-refractivity contribution in [3.8, 4) is 0 Å². The van der Waals surface area contributed by atoms with Gasteiger partial charge in [-0.15, -0.1) is 0 Å². The topological polar surface area (TPSA) is 66.3 Å². The SMILES string of the molecule is O=C(c1cnc(Cl)cn1)N(CCO)C1CCCC1. The summed E-state index contributed by atoms with van der Waals surface area (Å²) in [6.07, 6.45) is 6.99. The molecule has 5 nitrogen and oxygen atoms in total. The number of rotatable bonds is 4. The first-order chi connectivity index (χ1) is 8.72. The number of hydrogen-bond acceptors (Lipinski definition) is 4. The lowest BCUT2D eigenvalue weighted by atomic mass is 10.2. The van der Waals surface area contributed by atoms with Gasteiger partial charge in [0.2, 0.25) is 0 Å². The highest BCUT2D eigenvalue weighted by Crippen LogP contribution is 2.24. The van der Waals surface area contributed by atoms with Crippen LogP contribution in [-0.4, -0.2) is 45.1 Å². The van der Waals surface area contributed by atoms with Gasteiger partial charge in [0, 0.05) is 12.6 Å². The number of nitrogens with zero attached hydrogens (tertiary/aromatic N) is 3. The lowest BCUT2D eigenvalue weighted by Gasteiger charge is -2.27. The van der Waals surface area contributed by atoms with E-state index in [1.54, 1.807) is 4.90 Å². The lowest BCUT2D eigenvalue weighted by Crippen LogP contribution is -2.41. The molecule has 1 aliphatic rings. The monoisotopic (exact) mass is 269 g/mol. The van der Waals surface area contributed by atoms with Gasteiger partial charge in [0.25, 0.3) is 5.91 Å². The fraction of sp³-hybridized carbons (Fsp3) is 0.583. The Labute approximate surface area is 111 Å². The van der Waals surface area contributed by atoms with Crippen molar-refractivity contribution in [2.75, 3.05) is 13.2 Å². The van der Waals surface area contributed by atoms with Crippen LogP contribution in [0.25, 0.3) is 0 Å². The van der Waals surface area contributed by atoms with Crippen molar-refractivity contribution in [1.82, 2.24) is 14.9 Å². The van der Waals surface area contributed by atoms with Gasteiger partial charge in [-0.2, -0.15) is 0 Å². The molecule has 1 fully saturated rings. The fourth-order valence-electron chi connectivity index (χ4n) is 2.34. The molecule has 0 unspecified atom stereocenters. The Morgan fingerprint density at radius 1 is 1.39 bits per heavy atom. The zero-order valence-corrected chi connectivity index (χ0v) is 10.8. The molecule has 0 spiro atoms. The van der Waals surface area contributed by atoms with Gasteiger partial charge in [-0.05, 0) is 12.8 Å². The predicted octanol–water partition coefficient (Wildman–Crippen LogP) is 1.51. The summed E-state index contributed by atoms with van der Waals surface area (Å²) in [5.41, 5.74) is 0.278. The number of carbonyl (C=O) groups is 1. The second-order valence-electron chi connectivity index (χ2n) is 4.38. The van der Waals surface area contributed by atoms with Crippen LogP contribution in [0.3, 0.4) is 0 Å². The van der Waals surface area contributed by atoms with Crippen LogP contribution in [0, 0.1) is 0 Å². The average molecular weight is 270 g/mol. The quantitative estimate of drug-likeness (QED) is 0.900. The number of halogens is 1. The Kier molecular flexibility index (Phi) is 4.49. The van der Waals surface area contributed by atoms with Gasteiger partial charge in [0.05, 0.1) is 19.0 Å². The van der Waals surface area contributed by atoms with E-state index in [2.05, 4.69) is 9.97 Å². The van der Waals surface area contributed by atoms with E-state index in [4.69, 9.17) is 16.7 Å². The summed E-state index contributed by atoms with van der Waals surface area (Å²) in [4.78, 5) is 21.8. The highest BCUT2D eigenvalue weighted by molar-refractivity contribution is 6.29. The second-order valence-corrected chi connectivity index (χ2v) is 4.77. The van der Waals surface area contributed by atoms with Crippen LogP contribution in [-0.2, 0) is 0 Å². The average Bonchev–Trinajstić information content (AvgIpc) is 2.90. The third kappa shape index (κ3) is 2.97. The number of hydrogen-bond donors (Lipinski definition) is 1. The minimum atomic E-state index is -0.180. The van der Waals surface area contributed by atoms with Crippen LogP contribution in [0.2, 0.25) is 5.15 Å². The van der Waals surface area contributed by atoms with E-state index in [9.17, 15) is 4.79 Å². The number of aliphatic hydroxyl groups is 1. The summed E-state index contributed by atoms with van der Waals surface area (Å²) in [5.74, 6) is -0.180. The summed E-state index contributed by atoms with van der Waals surface area (Å²) in [5, 5.41) is 9.35. The first-order valence-electron chi connectivity index (χ1n) is 6.11. The van der Waals surface area contributed by atoms with Gasteiger partial charge in [0.15, 0.2) is 0 Å². The van der Waals surface area contributed by atoms with Crippen LogP contribution in [0.1, 0.15) is 36.2 Å². The normalized spacial score (nSPS) is 15.9. The smallest absolute Gasteiger partial charge is 0.274 e. The Morgan fingerprint density at radius 3 is 2.67 bits per heavy atom. The molecule has 6 heteroatoms. The van der Waals surface area contributed by atoms with Gasteiger partial charge in [0.1, 0.15) is 10.8 Å². The molecular weight excluding hydrogens is 254 g/mol. The maximum Gasteiger partial charge on any atom is 0.274 e. The minimum absolute atomic E-state index is 0.0384. The van der Waals surface area contributed by atoms with E-state index in [1.165, 1.54) is 12.4 Å². The molecular formula is C12H16ClN3O2. The first-order valence-corrected chi connectivity index (χ1v) is 6.49. The van der Waals surface area contributed by atoms with E-state index in [1.807, 2.05) is 0 Å². The van der Waals surface area contributed by atoms with Crippen molar-refractivity contribution in [3.63, 3.8) is 0 Å². The largest absolute Gasteiger partial charge is 0.395 e. The third-order valence-corrected chi connectivity index (χ3v) is 3.40. The van der Waals surface area contributed by atoms with E-state index in [0.717, 1.165) is 25.7 Å². The van der Waals surface area contributed by atoms with Crippen molar-refractivity contribution < 1.29 is 9.90 Å². The fourth-order valence-corrected chi connectivity index (χ4v) is 2.44. The molecule has 1 aromatic heterocycles. The molecule has 0 atom stereocenters. The Morgan fingerprint density at radius 2 is 2.11 bits per heavy atom. The summed E-state index contributed by atoms with van der Waals surface area (Å²) >= 11 is 5.65. The Balaban J connectivity index is 2.14. The molecule has 1 N–H and O–H groups in total. The highest BCUT2D eigenvalue weighted by atomic mass is 35.5. The number of amides is 1. The van der Waals surface area contributed by atoms with E-state index >= 15 is 0 Å². The first kappa shape index (κ1) is 13.2. The van der Waals surface area contributed by atoms with Crippen molar-refractivity contribution >= 4 is 17.5 Å². The number of aromatic nitrogens is 2. The van der Waals surface area contributed by atoms with Crippen LogP contribution in [0.4, 0.5) is 0 Å². The van der Waals surface area contributed by atoms with E-state index in [-0.39, 0.29) is 29.4 Å². The molecule has 0 aliphatic heterocycles. The zero-order chi connectivity index (χ0) is 13.0. The third-order valence-electron chi connectivity index (χ3n) is 3.21. The molecule has 1 aliphatic carbocycles. The number of aliphatic hydroxyl groups excluding tert-OH is 1. The summed E-state index contributed by atoms with van der Waals surface area (Å²) in [6.45, 7) is 0.303. The summed E-state index contributed by atoms with van der Waals surface area (Å²) < 4.78 is 0. The molecule has 18 heavy (non-hydrogen) atoms. The molecule has 98 valence electrons. The molecule has 1 saturated carbocycles. The van der Waals surface area contributed by atoms with Crippen molar-refractivity contribution in [2.45, 2.75) is 31.7 Å². The zero-order valence-electron chi connectivity index (χ0n) is 10.0. The van der Waals surface area contributed by atoms with Gasteiger partial charge in [-0.1, -0.05) is 24.4 Å². The molecule has 0 radical (unpaired) electrons. The van der Waals surface area contributed by atoms with E-state index < -0.39 is 0 Å². The van der Waals surface area contributed by atoms with Crippen molar-refractivity contribution in [2.24, 2.45) is 0 Å². The van der Waals surface area contributed by atoms with Gasteiger partial charge in [-0.25, -0.2) is 9.97 Å². The maximum atomic E-state index is 12.3. The minimum Gasteiger partial charge on any atom is -0.395 e. The van der Waals surface area contributed by atoms with Crippen LogP contribution in [0.5, 0.6) is 0 Å². The molecule has 0 aromatic carbocycles. The summed E-state index contributed by atoms with van der Waals surface area (Å²) in [7, 11) is 0. The van der Waals surface area contributed by atoms with Crippen molar-refractivity contribution in [3.05, 3.63) is 23.2 Å². The Hall–Kier alpha value is -1.20. The molecule has 2 rings (SSSR count). The standard InChI is InChI=1S/C12H16ClN3O2/c13-11-8-14-10(7-15-11)12(18)16(5-6-17)9-3-1-2-4-9/h7-9,17H,1-6H2. The van der Waals surface area contributed by atoms with Crippen LogP contribution < -0.4 is 0 Å². The predicted molar refractivity (Wildman–Crippen MR) is 67.4 cm³/mol.